The van der Waals surface area contributed by atoms with Gasteiger partial charge in [0.2, 0.25) is 5.91 Å². The van der Waals surface area contributed by atoms with Crippen LogP contribution in [0.15, 0.2) is 36.4 Å². The van der Waals surface area contributed by atoms with Crippen molar-refractivity contribution < 1.29 is 38.1 Å². The number of ketones is 1. The van der Waals surface area contributed by atoms with Crippen LogP contribution in [0.4, 0.5) is 0 Å². The summed E-state index contributed by atoms with van der Waals surface area (Å²) >= 11 is 0. The number of allylic oxidation sites excluding steroid dienone is 3. The summed E-state index contributed by atoms with van der Waals surface area (Å²) in [5.74, 6) is -0.723. The van der Waals surface area contributed by atoms with Gasteiger partial charge in [0, 0.05) is 29.7 Å². The number of carbonyl (C=O) groups is 4. The molecule has 4 heterocycles. The molecule has 0 unspecified atom stereocenters. The molecule has 2 aromatic rings. The molecule has 6 rings (SSSR count). The van der Waals surface area contributed by atoms with E-state index in [4.69, 9.17) is 23.9 Å². The molecule has 0 N–H and O–H groups in total. The van der Waals surface area contributed by atoms with Crippen molar-refractivity contribution in [1.29, 1.82) is 0 Å². The van der Waals surface area contributed by atoms with Crippen LogP contribution in [-0.2, 0) is 28.7 Å². The normalized spacial score (nSPS) is 28.7. The molecular formula is C41H52N2O8. The molecule has 1 amide bonds. The fraction of sp³-hybridized carbons (Fsp3) is 0.585. The molecule has 274 valence electrons. The van der Waals surface area contributed by atoms with E-state index < -0.39 is 34.5 Å². The Bertz CT molecular complexity index is 1790. The van der Waals surface area contributed by atoms with Crippen LogP contribution in [0.5, 0.6) is 11.5 Å². The molecule has 1 aliphatic carbocycles. The number of hydrogen-bond acceptors (Lipinski definition) is 9. The molecular weight excluding hydrogens is 648 g/mol. The number of esters is 2. The average molecular weight is 701 g/mol. The van der Waals surface area contributed by atoms with Crippen molar-refractivity contribution in [3.63, 3.8) is 0 Å². The van der Waals surface area contributed by atoms with Crippen molar-refractivity contribution in [2.45, 2.75) is 117 Å². The van der Waals surface area contributed by atoms with Crippen molar-refractivity contribution >= 4 is 40.1 Å². The third-order valence-corrected chi connectivity index (χ3v) is 10.8. The number of nitrogens with zero attached hydrogens (tertiary/aromatic N) is 2. The Kier molecular flexibility index (Phi) is 10.1. The largest absolute Gasteiger partial charge is 0.497 e. The minimum atomic E-state index is -1.02. The predicted octanol–water partition coefficient (Wildman–Crippen LogP) is 7.08. The lowest BCUT2D eigenvalue weighted by atomic mass is 9.86. The van der Waals surface area contributed by atoms with E-state index in [9.17, 15) is 19.2 Å². The summed E-state index contributed by atoms with van der Waals surface area (Å²) in [7, 11) is 1.62. The van der Waals surface area contributed by atoms with Crippen LogP contribution in [0, 0.1) is 24.2 Å². The van der Waals surface area contributed by atoms with E-state index in [1.807, 2.05) is 58.9 Å². The second-order valence-electron chi connectivity index (χ2n) is 15.8. The number of hydrogen-bond donors (Lipinski definition) is 0. The summed E-state index contributed by atoms with van der Waals surface area (Å²) in [6.45, 7) is 11.5. The van der Waals surface area contributed by atoms with Gasteiger partial charge in [-0.2, -0.15) is 0 Å². The Morgan fingerprint density at radius 2 is 1.88 bits per heavy atom. The third-order valence-electron chi connectivity index (χ3n) is 10.8. The first kappa shape index (κ1) is 36.6. The monoisotopic (exact) mass is 700 g/mol. The van der Waals surface area contributed by atoms with Crippen molar-refractivity contribution in [2.75, 3.05) is 20.3 Å². The summed E-state index contributed by atoms with van der Waals surface area (Å²) < 4.78 is 23.6. The highest BCUT2D eigenvalue weighted by Crippen LogP contribution is 2.58. The summed E-state index contributed by atoms with van der Waals surface area (Å²) in [6, 6.07) is 4.89. The number of methoxy groups -OCH3 is 1. The number of rotatable bonds is 5. The molecule has 1 saturated heterocycles. The van der Waals surface area contributed by atoms with Crippen molar-refractivity contribution in [3.05, 3.63) is 47.7 Å². The summed E-state index contributed by atoms with van der Waals surface area (Å²) in [5.41, 5.74) is 0.696. The first-order chi connectivity index (χ1) is 24.2. The maximum absolute atomic E-state index is 14.7. The molecule has 3 aliphatic heterocycles. The highest BCUT2D eigenvalue weighted by atomic mass is 16.6. The highest BCUT2D eigenvalue weighted by molar-refractivity contribution is 5.98. The van der Waals surface area contributed by atoms with Gasteiger partial charge in [0.1, 0.15) is 22.7 Å². The molecule has 0 bridgehead atoms. The first-order valence-corrected chi connectivity index (χ1v) is 18.5. The molecule has 10 heteroatoms. The fourth-order valence-electron chi connectivity index (χ4n) is 8.31. The number of aryl methyl sites for hydroxylation is 1. The number of ether oxygens (including phenoxy) is 4. The summed E-state index contributed by atoms with van der Waals surface area (Å²) in [4.78, 5) is 62.4. The Balaban J connectivity index is 1.40. The number of Topliss-reactive ketones (excluding diaryl/α,β-unsaturated/α-hetero) is 1. The van der Waals surface area contributed by atoms with E-state index in [0.29, 0.717) is 30.0 Å². The molecule has 1 aromatic heterocycles. The first-order valence-electron chi connectivity index (χ1n) is 18.5. The van der Waals surface area contributed by atoms with Crippen LogP contribution in [-0.4, -0.2) is 71.0 Å². The lowest BCUT2D eigenvalue weighted by Crippen LogP contribution is -2.46. The molecule has 1 spiro atoms. The topological polar surface area (TPSA) is 121 Å². The second kappa shape index (κ2) is 14.1. The fourth-order valence-corrected chi connectivity index (χ4v) is 8.31. The second-order valence-corrected chi connectivity index (χ2v) is 15.8. The molecule has 10 nitrogen and oxygen atoms in total. The molecule has 1 aromatic carbocycles. The molecule has 2 fully saturated rings. The number of aromatic nitrogens is 1. The van der Waals surface area contributed by atoms with Crippen molar-refractivity contribution in [1.82, 2.24) is 9.88 Å². The van der Waals surface area contributed by atoms with Crippen molar-refractivity contribution in [3.8, 4) is 11.5 Å². The lowest BCUT2D eigenvalue weighted by molar-refractivity contribution is -0.159. The minimum absolute atomic E-state index is 0.0353. The Morgan fingerprint density at radius 1 is 1.10 bits per heavy atom. The van der Waals surface area contributed by atoms with Gasteiger partial charge in [-0.15, -0.1) is 0 Å². The van der Waals surface area contributed by atoms with E-state index in [-0.39, 0.29) is 56.0 Å². The van der Waals surface area contributed by atoms with Crippen LogP contribution >= 0.6 is 0 Å². The predicted molar refractivity (Wildman–Crippen MR) is 193 cm³/mol. The van der Waals surface area contributed by atoms with Gasteiger partial charge in [-0.3, -0.25) is 19.2 Å². The number of benzene rings is 1. The zero-order chi connectivity index (χ0) is 36.7. The van der Waals surface area contributed by atoms with E-state index in [2.05, 4.69) is 12.2 Å². The van der Waals surface area contributed by atoms with Crippen LogP contribution in [0.3, 0.4) is 0 Å². The van der Waals surface area contributed by atoms with E-state index >= 15 is 0 Å². The zero-order valence-corrected chi connectivity index (χ0v) is 31.1. The van der Waals surface area contributed by atoms with E-state index in [0.717, 1.165) is 47.7 Å². The average Bonchev–Trinajstić information content (AvgIpc) is 3.64. The smallest absolute Gasteiger partial charge is 0.313 e. The molecule has 5 atom stereocenters. The van der Waals surface area contributed by atoms with E-state index in [1.54, 1.807) is 18.9 Å². The third kappa shape index (κ3) is 7.42. The maximum atomic E-state index is 14.7. The molecule has 4 aliphatic rings. The van der Waals surface area contributed by atoms with Gasteiger partial charge in [0.25, 0.3) is 0 Å². The van der Waals surface area contributed by atoms with E-state index in [1.165, 1.54) is 0 Å². The van der Waals surface area contributed by atoms with Crippen LogP contribution in [0.1, 0.15) is 104 Å². The molecule has 0 radical (unpaired) electrons. The SMILES string of the molecule is CCOC(=O)[C@]12CC(=O)[C@@H]3C[C@]4(C=C(C)c5c(c(C)nc6ccc(OC)cc56)O4)CN3C(=O)[C@@H](CC(=O)OC(C)(C)C)CCCCC/C=C\[C@@H]1C2. The van der Waals surface area contributed by atoms with Gasteiger partial charge in [0.15, 0.2) is 5.78 Å². The Labute approximate surface area is 300 Å². The number of pyridine rings is 1. The van der Waals surface area contributed by atoms with Gasteiger partial charge in [0.05, 0.1) is 49.3 Å². The van der Waals surface area contributed by atoms with Gasteiger partial charge >= 0.3 is 11.9 Å². The quantitative estimate of drug-likeness (QED) is 0.238. The maximum Gasteiger partial charge on any atom is 0.313 e. The summed E-state index contributed by atoms with van der Waals surface area (Å²) in [5, 5.41) is 0.889. The number of carbonyl (C=O) groups excluding carboxylic acids is 4. The van der Waals surface area contributed by atoms with Crippen LogP contribution in [0.2, 0.25) is 0 Å². The Hall–Kier alpha value is -4.21. The standard InChI is InChI=1S/C41H52N2O8/c1-8-49-38(47)41-21-28(41)15-13-11-9-10-12-14-27(18-34(45)50-39(4,5)6)37(46)43-24-40(22-32(43)33(44)23-41)20-25(2)35-30-19-29(48-7)16-17-31(30)42-26(3)36(35)51-40/h13,15-17,19-20,27-28,32H,8-12,14,18,21-24H2,1-7H3/b15-13-/t27-,28-,32+,40-,41-/m1/s1. The minimum Gasteiger partial charge on any atom is -0.497 e. The zero-order valence-electron chi connectivity index (χ0n) is 31.1. The molecule has 1 saturated carbocycles. The molecule has 51 heavy (non-hydrogen) atoms. The summed E-state index contributed by atoms with van der Waals surface area (Å²) in [6.07, 6.45) is 10.7. The van der Waals surface area contributed by atoms with Gasteiger partial charge < -0.3 is 23.8 Å². The lowest BCUT2D eigenvalue weighted by Gasteiger charge is -2.34. The van der Waals surface area contributed by atoms with Gasteiger partial charge in [-0.05, 0) is 103 Å². The Morgan fingerprint density at radius 3 is 2.61 bits per heavy atom. The van der Waals surface area contributed by atoms with Crippen LogP contribution < -0.4 is 9.47 Å². The van der Waals surface area contributed by atoms with Gasteiger partial charge in [-0.25, -0.2) is 4.98 Å². The highest BCUT2D eigenvalue weighted by Gasteiger charge is 2.62. The van der Waals surface area contributed by atoms with Crippen LogP contribution in [0.25, 0.3) is 16.5 Å². The number of amides is 1. The van der Waals surface area contributed by atoms with Crippen molar-refractivity contribution in [2.24, 2.45) is 17.3 Å². The number of fused-ring (bicyclic) bond motifs is 5. The van der Waals surface area contributed by atoms with Gasteiger partial charge in [-0.1, -0.05) is 25.0 Å².